The number of hydrogen-bond acceptors (Lipinski definition) is 18. The molecule has 0 unspecified atom stereocenters. The maximum absolute atomic E-state index is 13.2. The molecule has 0 aliphatic carbocycles. The molecule has 32 heteroatoms. The Kier molecular flexibility index (Phi) is 26.5. The number of carbonyl (C=O) groups is 4. The van der Waals surface area contributed by atoms with Gasteiger partial charge in [0, 0.05) is 50.5 Å². The van der Waals surface area contributed by atoms with Gasteiger partial charge in [-0.3, -0.25) is 18.5 Å². The number of benzene rings is 8. The van der Waals surface area contributed by atoms with Crippen LogP contribution in [0, 0.1) is 12.1 Å². The predicted molar refractivity (Wildman–Crippen MR) is 292 cm³/mol. The zero-order valence-electron chi connectivity index (χ0n) is 44.6. The summed E-state index contributed by atoms with van der Waals surface area (Å²) in [5.74, 6) is -4.04. The SMILES string of the molecule is CC(=O)[C-](N=Nc1cc(S(=O)(=O)Nc2cccc3cc(S(=O)(=O)O)ccc23)ccc1O)C(=O)Nc1ccccc1.CC(=O)[C-](N=Nc1cc(S(=O)(=O)Nc2cccc3cc(S(=O)(=O)O)ccc23)ccc1O)C(=O)Nc1ccccc1.[Co].[Na+].[Na+].[Na+]. The molecule has 24 nitrogen and oxygen atoms in total. The first-order valence-corrected chi connectivity index (χ1v) is 28.6. The number of nitrogens with one attached hydrogen (secondary N) is 4. The second kappa shape index (κ2) is 30.8. The molecule has 8 aromatic carbocycles. The summed E-state index contributed by atoms with van der Waals surface area (Å²) in [6, 6.07) is 38.1. The Labute approximate surface area is 558 Å². The Hall–Kier alpha value is -6.07. The van der Waals surface area contributed by atoms with E-state index in [1.54, 1.807) is 60.7 Å². The molecule has 8 aromatic rings. The molecule has 0 saturated carbocycles. The number of para-hydroxylation sites is 2. The molecule has 8 rings (SSSR count). The van der Waals surface area contributed by atoms with Gasteiger partial charge in [-0.05, 0) is 122 Å². The second-order valence-electron chi connectivity index (χ2n) is 16.7. The summed E-state index contributed by atoms with van der Waals surface area (Å²) < 4.78 is 122. The molecule has 0 aliphatic rings. The van der Waals surface area contributed by atoms with Crippen molar-refractivity contribution in [1.29, 1.82) is 0 Å². The molecule has 0 bridgehead atoms. The number of rotatable bonds is 18. The van der Waals surface area contributed by atoms with Crippen LogP contribution in [0.1, 0.15) is 13.8 Å². The normalized spacial score (nSPS) is 11.3. The van der Waals surface area contributed by atoms with Gasteiger partial charge in [-0.2, -0.15) is 27.1 Å². The van der Waals surface area contributed by atoms with E-state index in [1.807, 2.05) is 0 Å². The summed E-state index contributed by atoms with van der Waals surface area (Å²) in [5.41, 5.74) is 0.382. The maximum atomic E-state index is 13.2. The zero-order valence-corrected chi connectivity index (χ0v) is 54.9. The van der Waals surface area contributed by atoms with Crippen molar-refractivity contribution in [3.8, 4) is 11.5 Å². The zero-order chi connectivity index (χ0) is 58.2. The van der Waals surface area contributed by atoms with Gasteiger partial charge in [0.25, 0.3) is 40.3 Å². The van der Waals surface area contributed by atoms with Gasteiger partial charge in [0.2, 0.25) is 0 Å². The van der Waals surface area contributed by atoms with E-state index in [-0.39, 0.29) is 148 Å². The number of anilines is 4. The first-order valence-electron chi connectivity index (χ1n) is 22.7. The third kappa shape index (κ3) is 19.0. The summed E-state index contributed by atoms with van der Waals surface area (Å²) in [4.78, 5) is 47.8. The average Bonchev–Trinajstić information content (AvgIpc) is 3.61. The molecule has 0 atom stereocenters. The van der Waals surface area contributed by atoms with Crippen LogP contribution in [0.25, 0.3) is 21.5 Å². The molecular formula is C52H42CoN8Na3O16S4+. The largest absolute Gasteiger partial charge is 1.00 e. The predicted octanol–water partition coefficient (Wildman–Crippen LogP) is -0.118. The van der Waals surface area contributed by atoms with Crippen molar-refractivity contribution in [1.82, 2.24) is 0 Å². The summed E-state index contributed by atoms with van der Waals surface area (Å²) in [7, 11) is -17.5. The van der Waals surface area contributed by atoms with E-state index in [2.05, 4.69) is 40.5 Å². The number of carbonyl (C=O) groups excluding carboxylic acids is 4. The van der Waals surface area contributed by atoms with E-state index in [9.17, 15) is 72.2 Å². The Morgan fingerprint density at radius 3 is 1.08 bits per heavy atom. The molecule has 2 amide bonds. The number of ketones is 2. The second-order valence-corrected chi connectivity index (χ2v) is 22.9. The molecule has 0 fully saturated rings. The van der Waals surface area contributed by atoms with E-state index in [1.165, 1.54) is 60.7 Å². The van der Waals surface area contributed by atoms with Crippen LogP contribution in [0.5, 0.6) is 11.5 Å². The molecule has 0 saturated heterocycles. The molecule has 84 heavy (non-hydrogen) atoms. The number of Topliss-reactive ketones (excluding diaryl/α,β-unsaturated/α-hetero) is 2. The number of phenols is 2. The topological polar surface area (TPSA) is 383 Å². The van der Waals surface area contributed by atoms with E-state index < -0.39 is 87.2 Å². The van der Waals surface area contributed by atoms with Crippen molar-refractivity contribution in [3.05, 3.63) is 182 Å². The van der Waals surface area contributed by atoms with E-state index in [0.29, 0.717) is 32.9 Å². The van der Waals surface area contributed by atoms with Gasteiger partial charge in [-0.1, -0.05) is 72.8 Å². The van der Waals surface area contributed by atoms with Gasteiger partial charge in [0.15, 0.2) is 0 Å². The Morgan fingerprint density at radius 2 is 0.762 bits per heavy atom. The fourth-order valence-corrected chi connectivity index (χ4v) is 10.3. The third-order valence-corrected chi connectivity index (χ3v) is 15.4. The fourth-order valence-electron chi connectivity index (χ4n) is 7.11. The number of nitrogens with zero attached hydrogens (tertiary/aromatic N) is 4. The smallest absolute Gasteiger partial charge is 0.506 e. The molecule has 1 radical (unpaired) electrons. The Morgan fingerprint density at radius 1 is 0.429 bits per heavy atom. The standard InChI is InChI=1S/2C26H21N4O8S2.Co.3Na/c2*1-16(31)25(26(33)27-18-7-3-2-4-8-18)29-28-23-15-19(11-13-24(23)32)39(34,35)30-22-9-5-6-17-14-20(40(36,37)38)10-12-21(17)22;;;;/h2*2-15,30,32H,1H3,(H,27,33)(H,36,37,38);;;;/q2*-1;;3*+1. The molecule has 0 aromatic heterocycles. The minimum absolute atomic E-state index is 0. The third-order valence-electron chi connectivity index (χ3n) is 11.0. The minimum Gasteiger partial charge on any atom is -0.506 e. The molecule has 8 N–H and O–H groups in total. The van der Waals surface area contributed by atoms with Gasteiger partial charge in [0.1, 0.15) is 34.7 Å². The number of aromatic hydroxyl groups is 2. The van der Waals surface area contributed by atoms with Crippen molar-refractivity contribution in [2.24, 2.45) is 20.5 Å². The summed E-state index contributed by atoms with van der Waals surface area (Å²) in [6.45, 7) is 2.21. The number of sulfonamides is 2. The number of phenolic OH excluding ortho intramolecular Hbond substituents is 2. The number of fused-ring (bicyclic) bond motifs is 2. The molecule has 421 valence electrons. The number of azo groups is 2. The van der Waals surface area contributed by atoms with Gasteiger partial charge in [-0.15, -0.1) is 12.1 Å². The molecular weight excluding hydrogens is 1250 g/mol. The fraction of sp³-hybridized carbons (Fsp3) is 0.0385. The van der Waals surface area contributed by atoms with Gasteiger partial charge in [-0.25, -0.2) is 16.8 Å². The minimum atomic E-state index is -4.46. The molecule has 0 aliphatic heterocycles. The maximum Gasteiger partial charge on any atom is 1.00 e. The Bertz CT molecular complexity index is 4020. The van der Waals surface area contributed by atoms with E-state index >= 15 is 0 Å². The molecule has 0 spiro atoms. The first kappa shape index (κ1) is 72.2. The van der Waals surface area contributed by atoms with Crippen LogP contribution in [0.3, 0.4) is 0 Å². The van der Waals surface area contributed by atoms with Crippen LogP contribution in [-0.2, 0) is 76.2 Å². The van der Waals surface area contributed by atoms with Gasteiger partial charge >= 0.3 is 88.7 Å². The first-order chi connectivity index (χ1) is 37.7. The van der Waals surface area contributed by atoms with Crippen LogP contribution >= 0.6 is 0 Å². The Balaban J connectivity index is 0.000000420. The van der Waals surface area contributed by atoms with Crippen LogP contribution in [0.4, 0.5) is 34.1 Å². The van der Waals surface area contributed by atoms with Crippen LogP contribution < -0.4 is 109 Å². The van der Waals surface area contributed by atoms with Crippen LogP contribution in [0.15, 0.2) is 210 Å². The molecule has 0 heterocycles. The van der Waals surface area contributed by atoms with Crippen molar-refractivity contribution >= 4 is 119 Å². The average molecular weight is 1290 g/mol. The van der Waals surface area contributed by atoms with Crippen molar-refractivity contribution < 1.29 is 178 Å². The summed E-state index contributed by atoms with van der Waals surface area (Å²) in [5, 5.41) is 41.6. The van der Waals surface area contributed by atoms with E-state index in [0.717, 1.165) is 62.4 Å². The van der Waals surface area contributed by atoms with Crippen molar-refractivity contribution in [2.45, 2.75) is 33.4 Å². The van der Waals surface area contributed by atoms with E-state index in [4.69, 9.17) is 0 Å². The monoisotopic (exact) mass is 1290 g/mol. The number of hydrogen-bond donors (Lipinski definition) is 8. The summed E-state index contributed by atoms with van der Waals surface area (Å²) >= 11 is 0. The number of amides is 2. The van der Waals surface area contributed by atoms with Gasteiger partial charge < -0.3 is 50.3 Å². The van der Waals surface area contributed by atoms with Crippen molar-refractivity contribution in [2.75, 3.05) is 20.1 Å². The summed E-state index contributed by atoms with van der Waals surface area (Å²) in [6.07, 6.45) is 0. The van der Waals surface area contributed by atoms with Crippen LogP contribution in [0.2, 0.25) is 0 Å². The van der Waals surface area contributed by atoms with Gasteiger partial charge in [0.05, 0.1) is 31.0 Å². The van der Waals surface area contributed by atoms with Crippen LogP contribution in [-0.4, -0.2) is 76.4 Å². The van der Waals surface area contributed by atoms with Crippen molar-refractivity contribution in [3.63, 3.8) is 0 Å². The quantitative estimate of drug-likeness (QED) is 0.0183.